The maximum Gasteiger partial charge on any atom is 0.334 e. The molecule has 172 valence electrons. The number of rotatable bonds is 8. The standard InChI is InChI=1S/2C6H10O3.2C4H10O.Ti/c2*1-3-9-6(8)4-5(2)7;2*1-2-3-4-5;/h2*4,7H,3H2,1-2H3;2*5H,2-4H2,1H3;/b2*5-4-;;;. The summed E-state index contributed by atoms with van der Waals surface area (Å²) in [4.78, 5) is 20.8. The van der Waals surface area contributed by atoms with Crippen molar-refractivity contribution in [2.45, 2.75) is 67.2 Å². The summed E-state index contributed by atoms with van der Waals surface area (Å²) in [7, 11) is 0. The van der Waals surface area contributed by atoms with E-state index >= 15 is 0 Å². The van der Waals surface area contributed by atoms with E-state index in [2.05, 4.69) is 23.3 Å². The maximum atomic E-state index is 10.4. The van der Waals surface area contributed by atoms with Crippen LogP contribution in [0.25, 0.3) is 0 Å². The first-order chi connectivity index (χ1) is 13.2. The van der Waals surface area contributed by atoms with Crippen LogP contribution in [-0.4, -0.2) is 58.8 Å². The van der Waals surface area contributed by atoms with E-state index in [4.69, 9.17) is 20.4 Å². The number of hydrogen-bond donors (Lipinski definition) is 4. The molecule has 0 radical (unpaired) electrons. The van der Waals surface area contributed by atoms with Crippen LogP contribution in [0.4, 0.5) is 0 Å². The molecule has 29 heavy (non-hydrogen) atoms. The van der Waals surface area contributed by atoms with E-state index in [1.54, 1.807) is 13.8 Å². The summed E-state index contributed by atoms with van der Waals surface area (Å²) in [6, 6.07) is 0. The molecule has 0 aliphatic rings. The Morgan fingerprint density at radius 2 is 1.00 bits per heavy atom. The Balaban J connectivity index is -0.0000000907. The van der Waals surface area contributed by atoms with Crippen molar-refractivity contribution in [1.29, 1.82) is 0 Å². The van der Waals surface area contributed by atoms with Crippen LogP contribution in [0, 0.1) is 0 Å². The van der Waals surface area contributed by atoms with E-state index in [0.29, 0.717) is 26.4 Å². The molecule has 9 heteroatoms. The summed E-state index contributed by atoms with van der Waals surface area (Å²) in [5.41, 5.74) is 0. The third kappa shape index (κ3) is 58.4. The fraction of sp³-hybridized carbons (Fsp3) is 0.700. The van der Waals surface area contributed by atoms with Gasteiger partial charge in [-0.2, -0.15) is 0 Å². The van der Waals surface area contributed by atoms with Gasteiger partial charge in [0.1, 0.15) is 0 Å². The number of aliphatic hydroxyl groups is 4. The number of carbonyl (C=O) groups excluding carboxylic acids is 2. The number of esters is 2. The molecular formula is C20H40O8Ti. The summed E-state index contributed by atoms with van der Waals surface area (Å²) in [5, 5.41) is 33.2. The van der Waals surface area contributed by atoms with Crippen molar-refractivity contribution in [2.24, 2.45) is 0 Å². The van der Waals surface area contributed by atoms with Crippen LogP contribution in [0.1, 0.15) is 67.2 Å². The van der Waals surface area contributed by atoms with E-state index in [1.165, 1.54) is 13.8 Å². The van der Waals surface area contributed by atoms with Crippen LogP contribution in [-0.2, 0) is 40.8 Å². The molecule has 8 nitrogen and oxygen atoms in total. The van der Waals surface area contributed by atoms with Crippen molar-refractivity contribution in [3.8, 4) is 0 Å². The summed E-state index contributed by atoms with van der Waals surface area (Å²) in [6.45, 7) is 11.7. The van der Waals surface area contributed by atoms with Gasteiger partial charge in [-0.3, -0.25) is 0 Å². The van der Waals surface area contributed by atoms with Gasteiger partial charge in [-0.15, -0.1) is 0 Å². The van der Waals surface area contributed by atoms with Gasteiger partial charge in [-0.05, 0) is 40.5 Å². The van der Waals surface area contributed by atoms with Crippen LogP contribution >= 0.6 is 0 Å². The van der Waals surface area contributed by atoms with E-state index in [9.17, 15) is 9.59 Å². The molecule has 0 aliphatic heterocycles. The molecule has 0 bridgehead atoms. The Morgan fingerprint density at radius 3 is 1.10 bits per heavy atom. The Bertz CT molecular complexity index is 359. The predicted molar refractivity (Wildman–Crippen MR) is 110 cm³/mol. The molecule has 0 aliphatic carbocycles. The molecule has 0 atom stereocenters. The van der Waals surface area contributed by atoms with Gasteiger partial charge in [0.05, 0.1) is 36.9 Å². The fourth-order valence-corrected chi connectivity index (χ4v) is 1.03. The predicted octanol–water partition coefficient (Wildman–Crippen LogP) is 3.58. The van der Waals surface area contributed by atoms with Crippen LogP contribution < -0.4 is 0 Å². The normalized spacial score (nSPS) is 9.79. The number of allylic oxidation sites excluding steroid dienone is 2. The number of hydrogen-bond acceptors (Lipinski definition) is 8. The number of ether oxygens (including phenoxy) is 2. The molecule has 4 N–H and O–H groups in total. The minimum absolute atomic E-state index is 0. The second-order valence-corrected chi connectivity index (χ2v) is 5.23. The Labute approximate surface area is 190 Å². The average molecular weight is 456 g/mol. The van der Waals surface area contributed by atoms with Gasteiger partial charge in [0, 0.05) is 34.9 Å². The van der Waals surface area contributed by atoms with Crippen molar-refractivity contribution in [2.75, 3.05) is 26.4 Å². The Kier molecular flexibility index (Phi) is 45.1. The molecule has 0 heterocycles. The maximum absolute atomic E-state index is 10.4. The zero-order chi connectivity index (χ0) is 22.8. The summed E-state index contributed by atoms with van der Waals surface area (Å²) in [5.74, 6) is -1.07. The molecule has 0 aromatic carbocycles. The van der Waals surface area contributed by atoms with E-state index in [0.717, 1.165) is 37.8 Å². The van der Waals surface area contributed by atoms with E-state index in [1.807, 2.05) is 0 Å². The van der Waals surface area contributed by atoms with Gasteiger partial charge in [-0.1, -0.05) is 26.7 Å². The first-order valence-corrected chi connectivity index (χ1v) is 9.46. The summed E-state index contributed by atoms with van der Waals surface area (Å²) in [6.07, 6.45) is 6.14. The fourth-order valence-electron chi connectivity index (χ4n) is 1.03. The van der Waals surface area contributed by atoms with Gasteiger partial charge in [0.2, 0.25) is 0 Å². The van der Waals surface area contributed by atoms with Crippen molar-refractivity contribution in [1.82, 2.24) is 0 Å². The van der Waals surface area contributed by atoms with Crippen molar-refractivity contribution in [3.05, 3.63) is 23.7 Å². The zero-order valence-corrected chi connectivity index (χ0v) is 20.3. The van der Waals surface area contributed by atoms with Gasteiger partial charge < -0.3 is 29.9 Å². The van der Waals surface area contributed by atoms with Crippen molar-refractivity contribution >= 4 is 11.9 Å². The van der Waals surface area contributed by atoms with Gasteiger partial charge in [0.25, 0.3) is 0 Å². The molecule has 0 aromatic rings. The van der Waals surface area contributed by atoms with Gasteiger partial charge >= 0.3 is 11.9 Å². The smallest absolute Gasteiger partial charge is 0.334 e. The molecule has 0 unspecified atom stereocenters. The van der Waals surface area contributed by atoms with Gasteiger partial charge in [0.15, 0.2) is 0 Å². The molecule has 0 spiro atoms. The SMILES string of the molecule is CCCCO.CCCCO.CCOC(=O)/C=C(/C)O.CCOC(=O)/C=C(/C)O.[Ti]. The second-order valence-electron chi connectivity index (χ2n) is 5.23. The van der Waals surface area contributed by atoms with E-state index < -0.39 is 11.9 Å². The largest absolute Gasteiger partial charge is 0.512 e. The second kappa shape index (κ2) is 34.2. The van der Waals surface area contributed by atoms with Gasteiger partial charge in [-0.25, -0.2) is 9.59 Å². The molecule has 0 aromatic heterocycles. The zero-order valence-electron chi connectivity index (χ0n) is 18.7. The van der Waals surface area contributed by atoms with Crippen LogP contribution in [0.2, 0.25) is 0 Å². The van der Waals surface area contributed by atoms with E-state index in [-0.39, 0.29) is 33.2 Å². The third-order valence-corrected chi connectivity index (χ3v) is 2.25. The van der Waals surface area contributed by atoms with Crippen LogP contribution in [0.3, 0.4) is 0 Å². The van der Waals surface area contributed by atoms with Crippen molar-refractivity contribution in [3.63, 3.8) is 0 Å². The van der Waals surface area contributed by atoms with Crippen LogP contribution in [0.15, 0.2) is 23.7 Å². The molecule has 0 saturated carbocycles. The number of unbranched alkanes of at least 4 members (excludes halogenated alkanes) is 2. The third-order valence-electron chi connectivity index (χ3n) is 2.25. The first-order valence-electron chi connectivity index (χ1n) is 9.46. The quantitative estimate of drug-likeness (QED) is 0.189. The summed E-state index contributed by atoms with van der Waals surface area (Å²) < 4.78 is 8.95. The Morgan fingerprint density at radius 1 is 0.724 bits per heavy atom. The number of carbonyl (C=O) groups is 2. The molecule has 0 fully saturated rings. The van der Waals surface area contributed by atoms with Crippen LogP contribution in [0.5, 0.6) is 0 Å². The monoisotopic (exact) mass is 456 g/mol. The number of aliphatic hydroxyl groups excluding tert-OH is 4. The molecule has 0 amide bonds. The molecular weight excluding hydrogens is 416 g/mol. The topological polar surface area (TPSA) is 134 Å². The Hall–Kier alpha value is -1.35. The average Bonchev–Trinajstić information content (AvgIpc) is 2.57. The minimum atomic E-state index is -0.502. The first kappa shape index (κ1) is 38.3. The minimum Gasteiger partial charge on any atom is -0.512 e. The summed E-state index contributed by atoms with van der Waals surface area (Å²) >= 11 is 0. The molecule has 0 rings (SSSR count). The van der Waals surface area contributed by atoms with Crippen molar-refractivity contribution < 1.29 is 61.2 Å². The molecule has 0 saturated heterocycles.